The largest absolute Gasteiger partial charge is 0.496 e. The minimum atomic E-state index is 0.0669. The Balaban J connectivity index is 0.000000251. The van der Waals surface area contributed by atoms with Crippen LogP contribution in [0.15, 0.2) is 65.8 Å². The fraction of sp³-hybridized carbons (Fsp3) is 0.429. The number of ether oxygens (including phenoxy) is 4. The topological polar surface area (TPSA) is 98.6 Å². The number of aliphatic hydroxyl groups excluding tert-OH is 1. The van der Waals surface area contributed by atoms with Crippen LogP contribution in [0.5, 0.6) is 17.2 Å². The maximum absolute atomic E-state index is 10.7. The molecule has 8 nitrogen and oxygen atoms in total. The number of rotatable bonds is 13. The van der Waals surface area contributed by atoms with E-state index in [1.54, 1.807) is 14.2 Å². The van der Waals surface area contributed by atoms with Crippen molar-refractivity contribution in [3.05, 3.63) is 92.7 Å². The molecule has 2 aliphatic rings. The lowest BCUT2D eigenvalue weighted by atomic mass is 9.81. The smallest absolute Gasteiger partial charge is 0.126 e. The first-order valence-electron chi connectivity index (χ1n) is 15.1. The molecule has 5 rings (SSSR count). The highest BCUT2D eigenvalue weighted by Crippen LogP contribution is 2.31. The van der Waals surface area contributed by atoms with Crippen LogP contribution >= 0.6 is 0 Å². The summed E-state index contributed by atoms with van der Waals surface area (Å²) in [4.78, 5) is 10.7. The van der Waals surface area contributed by atoms with Crippen LogP contribution in [-0.4, -0.2) is 52.2 Å². The molecule has 8 heteroatoms. The molecule has 0 amide bonds. The number of aliphatic hydroxyl groups is 1. The molecule has 2 atom stereocenters. The third kappa shape index (κ3) is 9.38. The van der Waals surface area contributed by atoms with E-state index in [0.29, 0.717) is 32.3 Å². The summed E-state index contributed by atoms with van der Waals surface area (Å²) in [7, 11) is 3.33. The molecule has 1 saturated heterocycles. The van der Waals surface area contributed by atoms with Gasteiger partial charge in [0, 0.05) is 29.7 Å². The maximum atomic E-state index is 10.7. The molecule has 230 valence electrons. The monoisotopic (exact) mass is 588 g/mol. The van der Waals surface area contributed by atoms with Crippen molar-refractivity contribution < 1.29 is 24.1 Å². The Morgan fingerprint density at radius 1 is 0.953 bits per heavy atom. The van der Waals surface area contributed by atoms with E-state index in [0.717, 1.165) is 72.4 Å². The average Bonchev–Trinajstić information content (AvgIpc) is 3.07. The van der Waals surface area contributed by atoms with Crippen LogP contribution in [0.4, 0.5) is 0 Å². The molecule has 2 N–H and O–H groups in total. The predicted octanol–water partition coefficient (Wildman–Crippen LogP) is 4.68. The van der Waals surface area contributed by atoms with Crippen molar-refractivity contribution in [3.8, 4) is 17.2 Å². The quantitative estimate of drug-likeness (QED) is 0.221. The van der Waals surface area contributed by atoms with Crippen molar-refractivity contribution in [1.29, 1.82) is 0 Å². The number of nitrogens with zero attached hydrogens (tertiary/aromatic N) is 1. The van der Waals surface area contributed by atoms with E-state index in [-0.39, 0.29) is 12.5 Å². The summed E-state index contributed by atoms with van der Waals surface area (Å²) in [6, 6.07) is 20.0. The third-order valence-corrected chi connectivity index (χ3v) is 7.89. The zero-order valence-electron chi connectivity index (χ0n) is 25.3. The minimum absolute atomic E-state index is 0.0669. The van der Waals surface area contributed by atoms with Gasteiger partial charge in [-0.15, -0.1) is 0 Å². The van der Waals surface area contributed by atoms with Gasteiger partial charge in [-0.25, -0.2) is 0 Å². The third-order valence-electron chi connectivity index (χ3n) is 7.89. The van der Waals surface area contributed by atoms with Crippen molar-refractivity contribution in [3.63, 3.8) is 0 Å². The molecule has 1 fully saturated rings. The molecule has 43 heavy (non-hydrogen) atoms. The molecule has 0 saturated carbocycles. The molecule has 1 aliphatic carbocycles. The Morgan fingerprint density at radius 2 is 1.74 bits per heavy atom. The molecular weight excluding hydrogens is 544 g/mol. The summed E-state index contributed by atoms with van der Waals surface area (Å²) >= 11 is 0. The molecule has 3 aromatic rings. The van der Waals surface area contributed by atoms with E-state index in [2.05, 4.69) is 34.8 Å². The summed E-state index contributed by atoms with van der Waals surface area (Å²) in [5.41, 5.74) is 3.22. The number of para-hydroxylation sites is 1. The first-order valence-corrected chi connectivity index (χ1v) is 15.1. The van der Waals surface area contributed by atoms with Gasteiger partial charge in [-0.1, -0.05) is 47.7 Å². The van der Waals surface area contributed by atoms with Gasteiger partial charge in [-0.3, -0.25) is 0 Å². The molecule has 1 heterocycles. The molecule has 0 spiro atoms. The van der Waals surface area contributed by atoms with Crippen molar-refractivity contribution in [2.24, 2.45) is 11.1 Å². The maximum Gasteiger partial charge on any atom is 0.126 e. The van der Waals surface area contributed by atoms with Crippen LogP contribution in [-0.2, 0) is 18.0 Å². The second kappa shape index (κ2) is 17.4. The normalized spacial score (nSPS) is 17.3. The highest BCUT2D eigenvalue weighted by molar-refractivity contribution is 5.45. The van der Waals surface area contributed by atoms with Gasteiger partial charge in [0.2, 0.25) is 0 Å². The van der Waals surface area contributed by atoms with Crippen LogP contribution in [0.25, 0.3) is 12.2 Å². The van der Waals surface area contributed by atoms with Crippen molar-refractivity contribution in [2.45, 2.75) is 44.8 Å². The van der Waals surface area contributed by atoms with Crippen LogP contribution in [0, 0.1) is 10.8 Å². The molecule has 1 unspecified atom stereocenters. The Kier molecular flexibility index (Phi) is 13.0. The summed E-state index contributed by atoms with van der Waals surface area (Å²) in [5.74, 6) is 3.23. The highest BCUT2D eigenvalue weighted by Gasteiger charge is 2.26. The summed E-state index contributed by atoms with van der Waals surface area (Å²) in [5, 5.41) is 17.9. The first kappa shape index (κ1) is 32.2. The van der Waals surface area contributed by atoms with Crippen LogP contribution < -0.4 is 30.0 Å². The van der Waals surface area contributed by atoms with Crippen molar-refractivity contribution >= 4 is 12.2 Å². The van der Waals surface area contributed by atoms with Gasteiger partial charge in [-0.05, 0) is 78.4 Å². The van der Waals surface area contributed by atoms with E-state index < -0.39 is 0 Å². The fourth-order valence-electron chi connectivity index (χ4n) is 5.64. The number of benzene rings is 3. The van der Waals surface area contributed by atoms with Crippen LogP contribution in [0.3, 0.4) is 0 Å². The Morgan fingerprint density at radius 3 is 2.51 bits per heavy atom. The van der Waals surface area contributed by atoms with Gasteiger partial charge in [0.15, 0.2) is 0 Å². The Bertz CT molecular complexity index is 1410. The van der Waals surface area contributed by atoms with Gasteiger partial charge < -0.3 is 29.4 Å². The second-order valence-corrected chi connectivity index (χ2v) is 10.8. The molecule has 0 aromatic heterocycles. The van der Waals surface area contributed by atoms with E-state index in [4.69, 9.17) is 24.1 Å². The molecule has 0 radical (unpaired) electrons. The van der Waals surface area contributed by atoms with Crippen molar-refractivity contribution in [1.82, 2.24) is 5.32 Å². The number of nitroso groups, excluding NO2 is 1. The second-order valence-electron chi connectivity index (χ2n) is 10.8. The fourth-order valence-corrected chi connectivity index (χ4v) is 5.64. The number of methoxy groups -OCH3 is 2. The van der Waals surface area contributed by atoms with Gasteiger partial charge in [0.05, 0.1) is 47.2 Å². The van der Waals surface area contributed by atoms with E-state index in [1.807, 2.05) is 48.5 Å². The molecular formula is C35H44N2O6. The first-order chi connectivity index (χ1) is 21.2. The standard InChI is InChI=1S/C23H30N2O4.C12H14O2/c1-27-23-6-3-2-5-19(23)17-28-13-4-14-29-21-9-7-18(8-10-21)22-11-12-24-15-20(22)16-25-26;1-14-12-7-9(8-13)6-10-4-2-3-5-11(10)12/h2-3,5-10,20,22,24H,4,11-17H2,1H3;4-7,13H,2-3,8H2,1H3/t20-,22?;/m0./s1. The minimum Gasteiger partial charge on any atom is -0.496 e. The number of hydrogen-bond donors (Lipinski definition) is 2. The summed E-state index contributed by atoms with van der Waals surface area (Å²) < 4.78 is 22.2. The number of nitrogens with one attached hydrogen (secondary N) is 1. The van der Waals surface area contributed by atoms with E-state index in [1.165, 1.54) is 10.8 Å². The SMILES string of the molecule is COc1cc(CO)cc2c1=CCCC=2.COc1ccccc1COCCCOc1ccc(C2CCNC[C@H]2CN=O)cc1. The van der Waals surface area contributed by atoms with E-state index >= 15 is 0 Å². The molecule has 3 aromatic carbocycles. The Hall–Kier alpha value is -3.72. The van der Waals surface area contributed by atoms with Crippen LogP contribution in [0.2, 0.25) is 0 Å². The zero-order chi connectivity index (χ0) is 30.3. The van der Waals surface area contributed by atoms with Crippen LogP contribution in [0.1, 0.15) is 48.3 Å². The lowest BCUT2D eigenvalue weighted by Gasteiger charge is -2.31. The van der Waals surface area contributed by atoms with Gasteiger partial charge in [0.1, 0.15) is 17.2 Å². The summed E-state index contributed by atoms with van der Waals surface area (Å²) in [6.07, 6.45) is 8.38. The van der Waals surface area contributed by atoms with Gasteiger partial charge >= 0.3 is 0 Å². The lowest BCUT2D eigenvalue weighted by Crippen LogP contribution is -2.36. The molecule has 1 aliphatic heterocycles. The van der Waals surface area contributed by atoms with E-state index in [9.17, 15) is 4.91 Å². The predicted molar refractivity (Wildman–Crippen MR) is 170 cm³/mol. The zero-order valence-corrected chi connectivity index (χ0v) is 25.3. The molecule has 0 bridgehead atoms. The summed E-state index contributed by atoms with van der Waals surface area (Å²) in [6.45, 7) is 4.03. The van der Waals surface area contributed by atoms with Gasteiger partial charge in [0.25, 0.3) is 0 Å². The Labute approximate surface area is 254 Å². The lowest BCUT2D eigenvalue weighted by molar-refractivity contribution is 0.105. The van der Waals surface area contributed by atoms with Crippen molar-refractivity contribution in [2.75, 3.05) is 47.1 Å². The highest BCUT2D eigenvalue weighted by atomic mass is 16.5. The number of fused-ring (bicyclic) bond motifs is 1. The average molecular weight is 589 g/mol. The van der Waals surface area contributed by atoms with Gasteiger partial charge in [-0.2, -0.15) is 4.91 Å². The number of hydrogen-bond acceptors (Lipinski definition) is 8. The number of piperidine rings is 1.